The van der Waals surface area contributed by atoms with Crippen LogP contribution in [0.4, 0.5) is 5.95 Å². The molecule has 0 aliphatic carbocycles. The Bertz CT molecular complexity index is 565. The highest BCUT2D eigenvalue weighted by atomic mass is 32.2. The van der Waals surface area contributed by atoms with Gasteiger partial charge in [0.15, 0.2) is 5.65 Å². The second kappa shape index (κ2) is 4.50. The van der Waals surface area contributed by atoms with Crippen LogP contribution in [0.5, 0.6) is 0 Å². The van der Waals surface area contributed by atoms with Crippen molar-refractivity contribution in [2.75, 3.05) is 17.2 Å². The Hall–Kier alpha value is -1.17. The van der Waals surface area contributed by atoms with E-state index in [0.717, 1.165) is 35.5 Å². The summed E-state index contributed by atoms with van der Waals surface area (Å²) >= 11 is 1.99. The minimum absolute atomic E-state index is 0.477. The van der Waals surface area contributed by atoms with Crippen LogP contribution in [0.15, 0.2) is 0 Å². The van der Waals surface area contributed by atoms with E-state index in [4.69, 9.17) is 5.73 Å². The Morgan fingerprint density at radius 2 is 2.33 bits per heavy atom. The smallest absolute Gasteiger partial charge is 0.202 e. The third-order valence-corrected chi connectivity index (χ3v) is 4.67. The second-order valence-corrected chi connectivity index (χ2v) is 6.00. The molecule has 6 heteroatoms. The van der Waals surface area contributed by atoms with Crippen molar-refractivity contribution in [1.29, 1.82) is 0 Å². The van der Waals surface area contributed by atoms with Crippen LogP contribution in [0.1, 0.15) is 31.5 Å². The van der Waals surface area contributed by atoms with Gasteiger partial charge in [-0.05, 0) is 18.6 Å². The first-order valence-corrected chi connectivity index (χ1v) is 7.64. The van der Waals surface area contributed by atoms with E-state index in [0.29, 0.717) is 12.0 Å². The average molecular weight is 265 g/mol. The predicted octanol–water partition coefficient (Wildman–Crippen LogP) is 1.98. The molecule has 0 spiro atoms. The van der Waals surface area contributed by atoms with Crippen LogP contribution in [-0.4, -0.2) is 30.8 Å². The number of nitrogens with zero attached hydrogens (tertiary/aromatic N) is 4. The van der Waals surface area contributed by atoms with Gasteiger partial charge in [-0.2, -0.15) is 16.9 Å². The molecular weight excluding hydrogens is 246 g/mol. The molecule has 2 N–H and O–H groups in total. The minimum Gasteiger partial charge on any atom is -0.369 e. The maximum atomic E-state index is 6.11. The fraction of sp³-hybridized carbons (Fsp3) is 0.667. The number of fused-ring (bicyclic) bond motifs is 1. The number of imidazole rings is 1. The molecule has 0 bridgehead atoms. The van der Waals surface area contributed by atoms with Crippen LogP contribution in [-0.2, 0) is 13.5 Å². The molecule has 1 saturated heterocycles. The van der Waals surface area contributed by atoms with Gasteiger partial charge in [0, 0.05) is 18.8 Å². The standard InChI is InChI=1S/C12H19N5S/c1-3-4-9-10-11(16(2)15-9)17(12(13)14-10)8-5-6-18-7-8/h8H,3-7H2,1-2H3,(H2,13,14). The summed E-state index contributed by atoms with van der Waals surface area (Å²) in [4.78, 5) is 4.55. The first-order chi connectivity index (χ1) is 8.72. The maximum Gasteiger partial charge on any atom is 0.202 e. The number of hydrogen-bond acceptors (Lipinski definition) is 4. The molecule has 5 nitrogen and oxygen atoms in total. The zero-order valence-corrected chi connectivity index (χ0v) is 11.7. The lowest BCUT2D eigenvalue weighted by molar-refractivity contribution is 0.566. The van der Waals surface area contributed by atoms with Crippen molar-refractivity contribution in [3.05, 3.63) is 5.69 Å². The Kier molecular flexibility index (Phi) is 2.97. The number of aryl methyl sites for hydroxylation is 2. The van der Waals surface area contributed by atoms with Gasteiger partial charge in [-0.1, -0.05) is 13.3 Å². The summed E-state index contributed by atoms with van der Waals surface area (Å²) in [5.41, 5.74) is 9.27. The monoisotopic (exact) mass is 265 g/mol. The van der Waals surface area contributed by atoms with Gasteiger partial charge < -0.3 is 5.73 Å². The van der Waals surface area contributed by atoms with Gasteiger partial charge in [0.25, 0.3) is 0 Å². The van der Waals surface area contributed by atoms with Crippen molar-refractivity contribution in [2.45, 2.75) is 32.2 Å². The van der Waals surface area contributed by atoms with Crippen LogP contribution in [0.25, 0.3) is 11.2 Å². The highest BCUT2D eigenvalue weighted by Crippen LogP contribution is 2.33. The highest BCUT2D eigenvalue weighted by molar-refractivity contribution is 7.99. The Morgan fingerprint density at radius 1 is 1.50 bits per heavy atom. The fourth-order valence-electron chi connectivity index (χ4n) is 2.71. The largest absolute Gasteiger partial charge is 0.369 e. The molecule has 2 aromatic rings. The van der Waals surface area contributed by atoms with Crippen LogP contribution in [0.3, 0.4) is 0 Å². The number of rotatable bonds is 3. The van der Waals surface area contributed by atoms with E-state index in [2.05, 4.69) is 21.6 Å². The Balaban J connectivity index is 2.15. The van der Waals surface area contributed by atoms with Crippen molar-refractivity contribution in [3.63, 3.8) is 0 Å². The molecule has 0 saturated carbocycles. The van der Waals surface area contributed by atoms with E-state index >= 15 is 0 Å². The lowest BCUT2D eigenvalue weighted by atomic mass is 10.2. The number of aromatic nitrogens is 4. The van der Waals surface area contributed by atoms with Gasteiger partial charge >= 0.3 is 0 Å². The first kappa shape index (κ1) is 11.9. The molecule has 3 heterocycles. The van der Waals surface area contributed by atoms with E-state index in [9.17, 15) is 0 Å². The minimum atomic E-state index is 0.477. The Morgan fingerprint density at radius 3 is 3.00 bits per heavy atom. The van der Waals surface area contributed by atoms with Gasteiger partial charge in [-0.25, -0.2) is 4.98 Å². The molecule has 1 atom stereocenters. The quantitative estimate of drug-likeness (QED) is 0.922. The average Bonchev–Trinajstić information content (AvgIpc) is 2.99. The number of thioether (sulfide) groups is 1. The molecule has 0 aromatic carbocycles. The van der Waals surface area contributed by atoms with Crippen LogP contribution in [0, 0.1) is 0 Å². The molecule has 0 radical (unpaired) electrons. The number of nitrogen functional groups attached to an aromatic ring is 1. The van der Waals surface area contributed by atoms with Crippen LogP contribution in [0.2, 0.25) is 0 Å². The second-order valence-electron chi connectivity index (χ2n) is 4.85. The van der Waals surface area contributed by atoms with Gasteiger partial charge in [-0.15, -0.1) is 0 Å². The van der Waals surface area contributed by atoms with Crippen molar-refractivity contribution in [1.82, 2.24) is 19.3 Å². The van der Waals surface area contributed by atoms with E-state index in [1.807, 2.05) is 23.5 Å². The highest BCUT2D eigenvalue weighted by Gasteiger charge is 2.25. The van der Waals surface area contributed by atoms with Gasteiger partial charge in [0.05, 0.1) is 5.69 Å². The summed E-state index contributed by atoms with van der Waals surface area (Å²) in [5.74, 6) is 2.98. The summed E-state index contributed by atoms with van der Waals surface area (Å²) in [6.07, 6.45) is 3.22. The maximum absolute atomic E-state index is 6.11. The fourth-order valence-corrected chi connectivity index (χ4v) is 3.90. The SMILES string of the molecule is CCCc1nn(C)c2c1nc(N)n2C1CCSC1. The lowest BCUT2D eigenvalue weighted by Gasteiger charge is -2.13. The number of nitrogens with two attached hydrogens (primary N) is 1. The predicted molar refractivity (Wildman–Crippen MR) is 75.9 cm³/mol. The van der Waals surface area contributed by atoms with Crippen LogP contribution >= 0.6 is 11.8 Å². The number of hydrogen-bond donors (Lipinski definition) is 1. The van der Waals surface area contributed by atoms with Crippen molar-refractivity contribution in [2.24, 2.45) is 7.05 Å². The third kappa shape index (κ3) is 1.70. The van der Waals surface area contributed by atoms with Crippen molar-refractivity contribution >= 4 is 28.9 Å². The van der Waals surface area contributed by atoms with Crippen molar-refractivity contribution < 1.29 is 0 Å². The van der Waals surface area contributed by atoms with E-state index in [1.54, 1.807) is 0 Å². The topological polar surface area (TPSA) is 61.7 Å². The normalized spacial score (nSPS) is 20.0. The molecular formula is C12H19N5S. The molecule has 1 aliphatic rings. The van der Waals surface area contributed by atoms with E-state index in [1.165, 1.54) is 12.2 Å². The van der Waals surface area contributed by atoms with Crippen LogP contribution < -0.4 is 5.73 Å². The van der Waals surface area contributed by atoms with Crippen molar-refractivity contribution in [3.8, 4) is 0 Å². The Labute approximate surface area is 111 Å². The zero-order chi connectivity index (χ0) is 12.7. The molecule has 18 heavy (non-hydrogen) atoms. The molecule has 0 amide bonds. The summed E-state index contributed by atoms with van der Waals surface area (Å²) in [6.45, 7) is 2.16. The molecule has 3 rings (SSSR count). The molecule has 1 aliphatic heterocycles. The molecule has 98 valence electrons. The molecule has 1 fully saturated rings. The lowest BCUT2D eigenvalue weighted by Crippen LogP contribution is -2.13. The van der Waals surface area contributed by atoms with Gasteiger partial charge in [0.1, 0.15) is 5.52 Å². The van der Waals surface area contributed by atoms with Gasteiger partial charge in [-0.3, -0.25) is 9.25 Å². The summed E-state index contributed by atoms with van der Waals surface area (Å²) in [5, 5.41) is 4.58. The molecule has 1 unspecified atom stereocenters. The summed E-state index contributed by atoms with van der Waals surface area (Å²) in [6, 6.07) is 0.477. The third-order valence-electron chi connectivity index (χ3n) is 3.52. The summed E-state index contributed by atoms with van der Waals surface area (Å²) in [7, 11) is 1.99. The number of anilines is 1. The summed E-state index contributed by atoms with van der Waals surface area (Å²) < 4.78 is 4.12. The van der Waals surface area contributed by atoms with E-state index < -0.39 is 0 Å². The molecule has 2 aromatic heterocycles. The zero-order valence-electron chi connectivity index (χ0n) is 10.9. The van der Waals surface area contributed by atoms with E-state index in [-0.39, 0.29) is 0 Å². The first-order valence-electron chi connectivity index (χ1n) is 6.49. The van der Waals surface area contributed by atoms with Gasteiger partial charge in [0.2, 0.25) is 5.95 Å².